The minimum Gasteiger partial charge on any atom is -0.493 e. The highest BCUT2D eigenvalue weighted by Crippen LogP contribution is 2.37. The smallest absolute Gasteiger partial charge is 0.251 e. The molecule has 3 heterocycles. The summed E-state index contributed by atoms with van der Waals surface area (Å²) in [5.74, 6) is 0.391. The van der Waals surface area contributed by atoms with Gasteiger partial charge in [-0.2, -0.15) is 4.39 Å². The zero-order chi connectivity index (χ0) is 26.1. The van der Waals surface area contributed by atoms with Crippen molar-refractivity contribution in [1.82, 2.24) is 15.2 Å². The fourth-order valence-corrected chi connectivity index (χ4v) is 4.93. The second-order valence-electron chi connectivity index (χ2n) is 9.33. The van der Waals surface area contributed by atoms with E-state index in [1.165, 1.54) is 7.11 Å². The maximum atomic E-state index is 15.0. The molecule has 0 spiro atoms. The monoisotopic (exact) mass is 504 g/mol. The molecule has 1 fully saturated rings. The molecule has 2 amide bonds. The number of hydrogen-bond donors (Lipinski definition) is 2. The van der Waals surface area contributed by atoms with Crippen molar-refractivity contribution >= 4 is 17.6 Å². The third kappa shape index (κ3) is 4.94. The largest absolute Gasteiger partial charge is 0.493 e. The van der Waals surface area contributed by atoms with Gasteiger partial charge in [0.25, 0.3) is 5.91 Å². The van der Waals surface area contributed by atoms with Crippen LogP contribution in [0.1, 0.15) is 35.7 Å². The molecule has 2 aliphatic rings. The molecule has 5 rings (SSSR count). The number of pyridine rings is 1. The molecular formula is C28H29FN4O4. The average molecular weight is 505 g/mol. The first-order valence-electron chi connectivity index (χ1n) is 12.3. The van der Waals surface area contributed by atoms with Crippen molar-refractivity contribution in [3.8, 4) is 33.8 Å². The summed E-state index contributed by atoms with van der Waals surface area (Å²) in [6, 6.07) is 12.4. The quantitative estimate of drug-likeness (QED) is 0.512. The van der Waals surface area contributed by atoms with Gasteiger partial charge in [-0.25, -0.2) is 4.98 Å². The minimum atomic E-state index is -0.689. The number of piperidine rings is 1. The summed E-state index contributed by atoms with van der Waals surface area (Å²) in [5.41, 5.74) is 9.87. The number of nitrogen functional groups attached to an aromatic ring is 1. The van der Waals surface area contributed by atoms with Gasteiger partial charge in [0.1, 0.15) is 11.9 Å². The Morgan fingerprint density at radius 3 is 2.51 bits per heavy atom. The lowest BCUT2D eigenvalue weighted by Crippen LogP contribution is -2.40. The van der Waals surface area contributed by atoms with E-state index in [0.29, 0.717) is 54.2 Å². The van der Waals surface area contributed by atoms with E-state index in [1.807, 2.05) is 11.0 Å². The van der Waals surface area contributed by atoms with Gasteiger partial charge in [0.2, 0.25) is 11.9 Å². The molecule has 0 unspecified atom stereocenters. The SMILES string of the molecule is COc1cc(-c2cc(-c3ccc4c(c3)CCNC4=O)c(N)nc2F)ccc1OC1CCN(C(C)=O)CC1. The normalized spacial score (nSPS) is 15.6. The molecule has 2 aliphatic heterocycles. The first-order valence-corrected chi connectivity index (χ1v) is 12.3. The molecular weight excluding hydrogens is 475 g/mol. The van der Waals surface area contributed by atoms with Crippen LogP contribution in [0.3, 0.4) is 0 Å². The molecule has 2 aromatic carbocycles. The van der Waals surface area contributed by atoms with E-state index in [1.54, 1.807) is 43.3 Å². The van der Waals surface area contributed by atoms with E-state index < -0.39 is 5.95 Å². The Hall–Kier alpha value is -4.14. The molecule has 0 atom stereocenters. The van der Waals surface area contributed by atoms with Crippen LogP contribution < -0.4 is 20.5 Å². The Morgan fingerprint density at radius 2 is 1.78 bits per heavy atom. The van der Waals surface area contributed by atoms with Gasteiger partial charge in [0.15, 0.2) is 11.5 Å². The molecule has 37 heavy (non-hydrogen) atoms. The number of anilines is 1. The zero-order valence-corrected chi connectivity index (χ0v) is 20.8. The number of aromatic nitrogens is 1. The topological polar surface area (TPSA) is 107 Å². The predicted molar refractivity (Wildman–Crippen MR) is 138 cm³/mol. The van der Waals surface area contributed by atoms with Gasteiger partial charge < -0.3 is 25.4 Å². The number of likely N-dealkylation sites (tertiary alicyclic amines) is 1. The summed E-state index contributed by atoms with van der Waals surface area (Å²) >= 11 is 0. The fraction of sp³-hybridized carbons (Fsp3) is 0.321. The molecule has 1 saturated heterocycles. The van der Waals surface area contributed by atoms with Crippen LogP contribution in [-0.4, -0.2) is 54.5 Å². The Labute approximate surface area is 214 Å². The predicted octanol–water partition coefficient (Wildman–Crippen LogP) is 3.82. The number of ether oxygens (including phenoxy) is 2. The van der Waals surface area contributed by atoms with E-state index >= 15 is 4.39 Å². The second kappa shape index (κ2) is 10.1. The summed E-state index contributed by atoms with van der Waals surface area (Å²) in [4.78, 5) is 29.5. The van der Waals surface area contributed by atoms with Crippen molar-refractivity contribution in [2.75, 3.05) is 32.5 Å². The van der Waals surface area contributed by atoms with Crippen LogP contribution in [0, 0.1) is 5.95 Å². The molecule has 0 aliphatic carbocycles. The molecule has 1 aromatic heterocycles. The molecule has 9 heteroatoms. The van der Waals surface area contributed by atoms with Crippen LogP contribution in [0.25, 0.3) is 22.3 Å². The number of methoxy groups -OCH3 is 1. The first kappa shape index (κ1) is 24.5. The second-order valence-corrected chi connectivity index (χ2v) is 9.33. The standard InChI is InChI=1S/C28H29FN4O4/c1-16(34)33-11-8-20(9-12-33)37-24-6-4-18(14-25(24)36-2)22-15-23(27(30)32-26(22)29)17-3-5-21-19(13-17)7-10-31-28(21)35/h3-6,13-15,20H,7-12H2,1-2H3,(H2,30,32)(H,31,35). The average Bonchev–Trinajstić information content (AvgIpc) is 2.89. The van der Waals surface area contributed by atoms with Gasteiger partial charge in [0.05, 0.1) is 7.11 Å². The van der Waals surface area contributed by atoms with E-state index in [4.69, 9.17) is 15.2 Å². The molecule has 3 aromatic rings. The van der Waals surface area contributed by atoms with E-state index in [0.717, 1.165) is 24.0 Å². The number of carbonyl (C=O) groups excluding carboxylic acids is 2. The van der Waals surface area contributed by atoms with Gasteiger partial charge in [0, 0.05) is 56.1 Å². The Kier molecular flexibility index (Phi) is 6.69. The van der Waals surface area contributed by atoms with Crippen molar-refractivity contribution in [2.24, 2.45) is 0 Å². The van der Waals surface area contributed by atoms with Gasteiger partial charge in [-0.15, -0.1) is 0 Å². The molecule has 0 bridgehead atoms. The van der Waals surface area contributed by atoms with Crippen LogP contribution in [0.15, 0.2) is 42.5 Å². The molecule has 3 N–H and O–H groups in total. The number of hydrogen-bond acceptors (Lipinski definition) is 6. The highest BCUT2D eigenvalue weighted by molar-refractivity contribution is 5.97. The van der Waals surface area contributed by atoms with Gasteiger partial charge >= 0.3 is 0 Å². The first-order chi connectivity index (χ1) is 17.8. The van der Waals surface area contributed by atoms with Crippen molar-refractivity contribution in [3.05, 3.63) is 59.5 Å². The summed E-state index contributed by atoms with van der Waals surface area (Å²) in [5, 5.41) is 2.83. The Balaban J connectivity index is 1.43. The van der Waals surface area contributed by atoms with E-state index in [2.05, 4.69) is 10.3 Å². The minimum absolute atomic E-state index is 0.0389. The number of amides is 2. The van der Waals surface area contributed by atoms with Crippen molar-refractivity contribution in [2.45, 2.75) is 32.3 Å². The number of fused-ring (bicyclic) bond motifs is 1. The number of benzene rings is 2. The molecule has 0 saturated carbocycles. The number of nitrogens with zero attached hydrogens (tertiary/aromatic N) is 2. The number of nitrogens with one attached hydrogen (secondary N) is 1. The highest BCUT2D eigenvalue weighted by Gasteiger charge is 2.24. The third-order valence-corrected chi connectivity index (χ3v) is 7.00. The third-order valence-electron chi connectivity index (χ3n) is 7.00. The molecule has 8 nitrogen and oxygen atoms in total. The summed E-state index contributed by atoms with van der Waals surface area (Å²) in [7, 11) is 1.54. The van der Waals surface area contributed by atoms with Crippen molar-refractivity contribution in [1.29, 1.82) is 0 Å². The molecule has 192 valence electrons. The van der Waals surface area contributed by atoms with Gasteiger partial charge in [-0.1, -0.05) is 18.2 Å². The lowest BCUT2D eigenvalue weighted by Gasteiger charge is -2.31. The molecule has 0 radical (unpaired) electrons. The number of rotatable bonds is 5. The van der Waals surface area contributed by atoms with Gasteiger partial charge in [-0.3, -0.25) is 9.59 Å². The van der Waals surface area contributed by atoms with E-state index in [9.17, 15) is 9.59 Å². The maximum Gasteiger partial charge on any atom is 0.251 e. The number of halogens is 1. The number of nitrogens with two attached hydrogens (primary N) is 1. The summed E-state index contributed by atoms with van der Waals surface area (Å²) in [6.45, 7) is 3.45. The maximum absolute atomic E-state index is 15.0. The van der Waals surface area contributed by atoms with Crippen LogP contribution in [-0.2, 0) is 11.2 Å². The summed E-state index contributed by atoms with van der Waals surface area (Å²) < 4.78 is 26.8. The zero-order valence-electron chi connectivity index (χ0n) is 20.8. The highest BCUT2D eigenvalue weighted by atomic mass is 19.1. The summed E-state index contributed by atoms with van der Waals surface area (Å²) in [6.07, 6.45) is 2.13. The van der Waals surface area contributed by atoms with Gasteiger partial charge in [-0.05, 0) is 47.4 Å². The Bertz CT molecular complexity index is 1370. The fourth-order valence-electron chi connectivity index (χ4n) is 4.93. The van der Waals surface area contributed by atoms with Crippen LogP contribution in [0.4, 0.5) is 10.2 Å². The van der Waals surface area contributed by atoms with E-state index in [-0.39, 0.29) is 29.3 Å². The number of carbonyl (C=O) groups is 2. The van der Waals surface area contributed by atoms with Crippen molar-refractivity contribution in [3.63, 3.8) is 0 Å². The van der Waals surface area contributed by atoms with Crippen LogP contribution >= 0.6 is 0 Å². The van der Waals surface area contributed by atoms with Crippen molar-refractivity contribution < 1.29 is 23.5 Å². The van der Waals surface area contributed by atoms with Crippen LogP contribution in [0.5, 0.6) is 11.5 Å². The Morgan fingerprint density at radius 1 is 1.05 bits per heavy atom. The van der Waals surface area contributed by atoms with Crippen LogP contribution in [0.2, 0.25) is 0 Å². The lowest BCUT2D eigenvalue weighted by molar-refractivity contribution is -0.130. The lowest BCUT2D eigenvalue weighted by atomic mass is 9.94.